The average Bonchev–Trinajstić information content (AvgIpc) is 1.88. The van der Waals surface area contributed by atoms with Crippen LogP contribution in [0.25, 0.3) is 0 Å². The van der Waals surface area contributed by atoms with Crippen LogP contribution in [0.2, 0.25) is 0 Å². The maximum Gasteiger partial charge on any atom is 0.245 e. The normalized spacial score (nSPS) is 9.36. The molecule has 11 heavy (non-hydrogen) atoms. The molecule has 0 spiro atoms. The molecule has 4 heteroatoms. The molecule has 0 aromatic rings. The first-order chi connectivity index (χ1) is 4.68. The van der Waals surface area contributed by atoms with Gasteiger partial charge in [-0.3, -0.25) is 4.79 Å². The Labute approximate surface area is 73.9 Å². The van der Waals surface area contributed by atoms with Crippen molar-refractivity contribution in [3.05, 3.63) is 12.2 Å². The molecule has 0 fully saturated rings. The Morgan fingerprint density at radius 3 is 2.45 bits per heavy atom. The molecule has 66 valence electrons. The number of likely N-dealkylation sites (N-methyl/N-ethyl adjacent to an activating group) is 2. The lowest BCUT2D eigenvalue weighted by atomic mass is 10.4. The standard InChI is InChI=1S/C7H14N2O.ClH/c1-8-6-4-5-7(10)9(2)3;/h4-5,8H,6H2,1-3H3;1H/b5-4+;. The van der Waals surface area contributed by atoms with Crippen molar-refractivity contribution in [2.75, 3.05) is 27.7 Å². The average molecular weight is 179 g/mol. The summed E-state index contributed by atoms with van der Waals surface area (Å²) in [5.41, 5.74) is 0. The molecule has 0 bridgehead atoms. The molecule has 1 amide bonds. The van der Waals surface area contributed by atoms with Crippen LogP contribution in [0.1, 0.15) is 0 Å². The summed E-state index contributed by atoms with van der Waals surface area (Å²) in [6.45, 7) is 0.736. The van der Waals surface area contributed by atoms with Crippen molar-refractivity contribution in [1.82, 2.24) is 10.2 Å². The van der Waals surface area contributed by atoms with Crippen molar-refractivity contribution in [3.63, 3.8) is 0 Å². The fourth-order valence-electron chi connectivity index (χ4n) is 0.427. The molecule has 0 rings (SSSR count). The van der Waals surface area contributed by atoms with Gasteiger partial charge < -0.3 is 10.2 Å². The molecule has 1 N–H and O–H groups in total. The van der Waals surface area contributed by atoms with Crippen LogP contribution in [0.4, 0.5) is 0 Å². The number of halogens is 1. The number of carbonyl (C=O) groups excluding carboxylic acids is 1. The molecule has 0 aromatic carbocycles. The lowest BCUT2D eigenvalue weighted by Crippen LogP contribution is -2.19. The Kier molecular flexibility index (Phi) is 9.00. The van der Waals surface area contributed by atoms with Crippen molar-refractivity contribution in [1.29, 1.82) is 0 Å². The first-order valence-corrected chi connectivity index (χ1v) is 3.21. The van der Waals surface area contributed by atoms with E-state index >= 15 is 0 Å². The van der Waals surface area contributed by atoms with Crippen molar-refractivity contribution in [3.8, 4) is 0 Å². The molecule has 0 aliphatic rings. The summed E-state index contributed by atoms with van der Waals surface area (Å²) in [5, 5.41) is 2.90. The number of rotatable bonds is 3. The number of amides is 1. The van der Waals surface area contributed by atoms with Crippen molar-refractivity contribution in [2.45, 2.75) is 0 Å². The first kappa shape index (κ1) is 13.1. The third-order valence-corrected chi connectivity index (χ3v) is 1.02. The number of nitrogens with zero attached hydrogens (tertiary/aromatic N) is 1. The van der Waals surface area contributed by atoms with E-state index in [-0.39, 0.29) is 18.3 Å². The highest BCUT2D eigenvalue weighted by molar-refractivity contribution is 5.87. The highest BCUT2D eigenvalue weighted by atomic mass is 35.5. The van der Waals surface area contributed by atoms with Gasteiger partial charge in [-0.15, -0.1) is 12.4 Å². The van der Waals surface area contributed by atoms with E-state index in [9.17, 15) is 4.79 Å². The van der Waals surface area contributed by atoms with Gasteiger partial charge in [0.1, 0.15) is 0 Å². The highest BCUT2D eigenvalue weighted by Gasteiger charge is 1.94. The van der Waals surface area contributed by atoms with Crippen LogP contribution in [0.3, 0.4) is 0 Å². The molecule has 0 radical (unpaired) electrons. The molecular weight excluding hydrogens is 164 g/mol. The quantitative estimate of drug-likeness (QED) is 0.630. The molecular formula is C7H15ClN2O. The minimum absolute atomic E-state index is 0. The summed E-state index contributed by atoms with van der Waals surface area (Å²) in [6.07, 6.45) is 3.35. The molecule has 0 saturated carbocycles. The van der Waals surface area contributed by atoms with Crippen LogP contribution in [-0.4, -0.2) is 38.5 Å². The summed E-state index contributed by atoms with van der Waals surface area (Å²) in [6, 6.07) is 0. The molecule has 0 aliphatic carbocycles. The molecule has 0 aliphatic heterocycles. The lowest BCUT2D eigenvalue weighted by molar-refractivity contribution is -0.123. The fraction of sp³-hybridized carbons (Fsp3) is 0.571. The van der Waals surface area contributed by atoms with Crippen LogP contribution in [0, 0.1) is 0 Å². The summed E-state index contributed by atoms with van der Waals surface area (Å²) >= 11 is 0. The van der Waals surface area contributed by atoms with E-state index < -0.39 is 0 Å². The molecule has 3 nitrogen and oxygen atoms in total. The Morgan fingerprint density at radius 1 is 1.55 bits per heavy atom. The van der Waals surface area contributed by atoms with Crippen molar-refractivity contribution < 1.29 is 4.79 Å². The maximum absolute atomic E-state index is 10.8. The number of carbonyl (C=O) groups is 1. The molecule has 0 unspecified atom stereocenters. The first-order valence-electron chi connectivity index (χ1n) is 3.21. The van der Waals surface area contributed by atoms with Gasteiger partial charge in [0.2, 0.25) is 5.91 Å². The van der Waals surface area contributed by atoms with Gasteiger partial charge in [0.15, 0.2) is 0 Å². The van der Waals surface area contributed by atoms with E-state index in [0.717, 1.165) is 6.54 Å². The SMILES string of the molecule is CNC/C=C/C(=O)N(C)C.Cl. The highest BCUT2D eigenvalue weighted by Crippen LogP contribution is 1.79. The van der Waals surface area contributed by atoms with Crippen LogP contribution >= 0.6 is 12.4 Å². The van der Waals surface area contributed by atoms with Gasteiger partial charge in [-0.2, -0.15) is 0 Å². The predicted octanol–water partition coefficient (Wildman–Crippen LogP) is 0.272. The van der Waals surface area contributed by atoms with Crippen LogP contribution in [-0.2, 0) is 4.79 Å². The van der Waals surface area contributed by atoms with Gasteiger partial charge in [-0.25, -0.2) is 0 Å². The Balaban J connectivity index is 0. The number of nitrogens with one attached hydrogen (secondary N) is 1. The van der Waals surface area contributed by atoms with Gasteiger partial charge >= 0.3 is 0 Å². The van der Waals surface area contributed by atoms with Crippen LogP contribution in [0.15, 0.2) is 12.2 Å². The Hall–Kier alpha value is -0.540. The fourth-order valence-corrected chi connectivity index (χ4v) is 0.427. The molecule has 0 aromatic heterocycles. The van der Waals surface area contributed by atoms with Gasteiger partial charge in [-0.05, 0) is 7.05 Å². The van der Waals surface area contributed by atoms with Crippen molar-refractivity contribution >= 4 is 18.3 Å². The van der Waals surface area contributed by atoms with E-state index in [1.165, 1.54) is 4.90 Å². The van der Waals surface area contributed by atoms with Crippen molar-refractivity contribution in [2.24, 2.45) is 0 Å². The largest absolute Gasteiger partial charge is 0.345 e. The minimum Gasteiger partial charge on any atom is -0.345 e. The van der Waals surface area contributed by atoms with E-state index in [4.69, 9.17) is 0 Å². The number of hydrogen-bond donors (Lipinski definition) is 1. The summed E-state index contributed by atoms with van der Waals surface area (Å²) < 4.78 is 0. The zero-order valence-corrected chi connectivity index (χ0v) is 7.94. The number of hydrogen-bond acceptors (Lipinski definition) is 2. The van der Waals surface area contributed by atoms with Gasteiger partial charge in [-0.1, -0.05) is 6.08 Å². The van der Waals surface area contributed by atoms with E-state index in [0.29, 0.717) is 0 Å². The second-order valence-electron chi connectivity index (χ2n) is 2.19. The minimum atomic E-state index is 0. The zero-order chi connectivity index (χ0) is 7.98. The monoisotopic (exact) mass is 178 g/mol. The molecule has 0 heterocycles. The van der Waals surface area contributed by atoms with Gasteiger partial charge in [0.25, 0.3) is 0 Å². The van der Waals surface area contributed by atoms with Crippen LogP contribution in [0.5, 0.6) is 0 Å². The topological polar surface area (TPSA) is 32.3 Å². The van der Waals surface area contributed by atoms with E-state index in [2.05, 4.69) is 5.32 Å². The van der Waals surface area contributed by atoms with E-state index in [1.54, 1.807) is 26.2 Å². The zero-order valence-electron chi connectivity index (χ0n) is 7.13. The third kappa shape index (κ3) is 7.36. The van der Waals surface area contributed by atoms with Gasteiger partial charge in [0, 0.05) is 26.7 Å². The second kappa shape index (κ2) is 7.57. The Bertz CT molecular complexity index is 134. The molecule has 0 saturated heterocycles. The third-order valence-electron chi connectivity index (χ3n) is 1.02. The van der Waals surface area contributed by atoms with Gasteiger partial charge in [0.05, 0.1) is 0 Å². The van der Waals surface area contributed by atoms with Crippen LogP contribution < -0.4 is 5.32 Å². The summed E-state index contributed by atoms with van der Waals surface area (Å²) in [7, 11) is 5.29. The summed E-state index contributed by atoms with van der Waals surface area (Å²) in [4.78, 5) is 12.4. The predicted molar refractivity (Wildman–Crippen MR) is 49.0 cm³/mol. The van der Waals surface area contributed by atoms with E-state index in [1.807, 2.05) is 7.05 Å². The Morgan fingerprint density at radius 2 is 2.09 bits per heavy atom. The molecule has 0 atom stereocenters. The summed E-state index contributed by atoms with van der Waals surface area (Å²) in [5.74, 6) is 0.0234. The second-order valence-corrected chi connectivity index (χ2v) is 2.19. The smallest absolute Gasteiger partial charge is 0.245 e. The maximum atomic E-state index is 10.8. The lowest BCUT2D eigenvalue weighted by Gasteiger charge is -2.04.